The van der Waals surface area contributed by atoms with Gasteiger partial charge in [-0.25, -0.2) is 4.79 Å². The van der Waals surface area contributed by atoms with Crippen molar-refractivity contribution in [2.45, 2.75) is 62.6 Å². The van der Waals surface area contributed by atoms with Crippen LogP contribution in [0.5, 0.6) is 0 Å². The minimum Gasteiger partial charge on any atom is -0.449 e. The van der Waals surface area contributed by atoms with Gasteiger partial charge in [-0.3, -0.25) is 4.90 Å². The molecule has 0 bridgehead atoms. The van der Waals surface area contributed by atoms with E-state index in [1.807, 2.05) is 0 Å². The number of amides is 1. The Morgan fingerprint density at radius 1 is 0.935 bits per heavy atom. The zero-order valence-corrected chi connectivity index (χ0v) is 18.0. The first kappa shape index (κ1) is 20.5. The molecule has 1 saturated heterocycles. The predicted molar refractivity (Wildman–Crippen MR) is 121 cm³/mol. The van der Waals surface area contributed by atoms with Crippen molar-refractivity contribution in [1.29, 1.82) is 0 Å². The number of aliphatic hydroxyl groups is 1. The fourth-order valence-corrected chi connectivity index (χ4v) is 5.70. The van der Waals surface area contributed by atoms with E-state index in [9.17, 15) is 9.90 Å². The van der Waals surface area contributed by atoms with Crippen LogP contribution in [0.4, 0.5) is 4.79 Å². The van der Waals surface area contributed by atoms with Gasteiger partial charge < -0.3 is 15.2 Å². The molecule has 1 amide bonds. The van der Waals surface area contributed by atoms with Gasteiger partial charge in [0.1, 0.15) is 6.61 Å². The van der Waals surface area contributed by atoms with Crippen molar-refractivity contribution in [1.82, 2.24) is 10.2 Å². The topological polar surface area (TPSA) is 61.8 Å². The summed E-state index contributed by atoms with van der Waals surface area (Å²) in [5.41, 5.74) is 4.94. The maximum atomic E-state index is 12.5. The number of hydrogen-bond donors (Lipinski definition) is 2. The zero-order chi connectivity index (χ0) is 21.2. The van der Waals surface area contributed by atoms with E-state index in [1.54, 1.807) is 0 Å². The van der Waals surface area contributed by atoms with Crippen molar-refractivity contribution in [3.63, 3.8) is 0 Å². The third-order valence-electron chi connectivity index (χ3n) is 7.36. The van der Waals surface area contributed by atoms with Gasteiger partial charge in [-0.2, -0.15) is 0 Å². The standard InChI is InChI=1S/C26H32N2O3/c29-25-12-6-5-11-24(25)28-15-13-18(14-16-28)27-26(30)31-17-23-21-9-3-1-7-19(21)20-8-2-4-10-22(20)23/h1-4,7-10,18,23-25,29H,5-6,11-17H2,(H,27,30). The number of carbonyl (C=O) groups is 1. The van der Waals surface area contributed by atoms with Gasteiger partial charge in [-0.15, -0.1) is 0 Å². The molecule has 2 aliphatic carbocycles. The van der Waals surface area contributed by atoms with Gasteiger partial charge >= 0.3 is 6.09 Å². The Bertz CT molecular complexity index is 877. The first-order valence-corrected chi connectivity index (χ1v) is 11.7. The van der Waals surface area contributed by atoms with Crippen LogP contribution in [0.25, 0.3) is 11.1 Å². The number of ether oxygens (including phenoxy) is 1. The molecule has 0 spiro atoms. The fraction of sp³-hybridized carbons (Fsp3) is 0.500. The van der Waals surface area contributed by atoms with Crippen molar-refractivity contribution >= 4 is 6.09 Å². The van der Waals surface area contributed by atoms with Gasteiger partial charge in [0.25, 0.3) is 0 Å². The monoisotopic (exact) mass is 420 g/mol. The Hall–Kier alpha value is -2.37. The quantitative estimate of drug-likeness (QED) is 0.775. The van der Waals surface area contributed by atoms with Crippen LogP contribution < -0.4 is 5.32 Å². The van der Waals surface area contributed by atoms with E-state index in [-0.39, 0.29) is 24.2 Å². The molecule has 0 aromatic heterocycles. The summed E-state index contributed by atoms with van der Waals surface area (Å²) in [5, 5.41) is 13.4. The molecule has 1 aliphatic heterocycles. The van der Waals surface area contributed by atoms with Gasteiger partial charge in [0.2, 0.25) is 0 Å². The molecule has 5 heteroatoms. The Balaban J connectivity index is 1.14. The molecule has 2 fully saturated rings. The van der Waals surface area contributed by atoms with Crippen LogP contribution in [0, 0.1) is 0 Å². The Kier molecular flexibility index (Phi) is 5.97. The normalized spacial score (nSPS) is 24.4. The first-order valence-electron chi connectivity index (χ1n) is 11.7. The number of rotatable bonds is 4. The molecule has 1 saturated carbocycles. The molecular formula is C26H32N2O3. The summed E-state index contributed by atoms with van der Waals surface area (Å²) < 4.78 is 5.70. The summed E-state index contributed by atoms with van der Waals surface area (Å²) in [6.45, 7) is 2.21. The largest absolute Gasteiger partial charge is 0.449 e. The summed E-state index contributed by atoms with van der Waals surface area (Å²) in [5.74, 6) is 0.0905. The number of piperidine rings is 1. The van der Waals surface area contributed by atoms with Gasteiger partial charge in [-0.05, 0) is 47.9 Å². The van der Waals surface area contributed by atoms with Crippen LogP contribution in [-0.4, -0.2) is 54.0 Å². The van der Waals surface area contributed by atoms with Crippen molar-refractivity contribution in [2.75, 3.05) is 19.7 Å². The first-order chi connectivity index (χ1) is 15.2. The molecule has 2 N–H and O–H groups in total. The third-order valence-corrected chi connectivity index (χ3v) is 7.36. The molecule has 5 nitrogen and oxygen atoms in total. The number of hydrogen-bond acceptors (Lipinski definition) is 4. The van der Waals surface area contributed by atoms with E-state index in [4.69, 9.17) is 4.74 Å². The summed E-state index contributed by atoms with van der Waals surface area (Å²) in [7, 11) is 0. The average molecular weight is 421 g/mol. The number of likely N-dealkylation sites (tertiary alicyclic amines) is 1. The molecule has 2 aromatic rings. The van der Waals surface area contributed by atoms with E-state index in [1.165, 1.54) is 28.7 Å². The molecule has 0 radical (unpaired) electrons. The maximum absolute atomic E-state index is 12.5. The lowest BCUT2D eigenvalue weighted by molar-refractivity contribution is 0.00704. The molecule has 164 valence electrons. The van der Waals surface area contributed by atoms with E-state index in [0.29, 0.717) is 12.6 Å². The number of carbonyl (C=O) groups excluding carboxylic acids is 1. The van der Waals surface area contributed by atoms with Crippen LogP contribution in [0.2, 0.25) is 0 Å². The second-order valence-electron chi connectivity index (χ2n) is 9.20. The molecule has 2 aromatic carbocycles. The number of fused-ring (bicyclic) bond motifs is 3. The van der Waals surface area contributed by atoms with Crippen LogP contribution in [0.15, 0.2) is 48.5 Å². The number of nitrogens with zero attached hydrogens (tertiary/aromatic N) is 1. The second kappa shape index (κ2) is 9.01. The highest BCUT2D eigenvalue weighted by molar-refractivity contribution is 5.79. The smallest absolute Gasteiger partial charge is 0.407 e. The Morgan fingerprint density at radius 2 is 1.55 bits per heavy atom. The van der Waals surface area contributed by atoms with E-state index >= 15 is 0 Å². The minimum atomic E-state index is -0.321. The highest BCUT2D eigenvalue weighted by atomic mass is 16.5. The molecule has 3 aliphatic rings. The molecular weight excluding hydrogens is 388 g/mol. The number of alkyl carbamates (subject to hydrolysis) is 1. The summed E-state index contributed by atoms with van der Waals surface area (Å²) in [4.78, 5) is 15.0. The lowest BCUT2D eigenvalue weighted by Crippen LogP contribution is -2.52. The van der Waals surface area contributed by atoms with Gasteiger partial charge in [0, 0.05) is 31.1 Å². The van der Waals surface area contributed by atoms with Gasteiger partial charge in [0.15, 0.2) is 0 Å². The SMILES string of the molecule is O=C(NC1CCN(C2CCCCC2O)CC1)OCC1c2ccccc2-c2ccccc21. The van der Waals surface area contributed by atoms with Crippen LogP contribution in [-0.2, 0) is 4.74 Å². The van der Waals surface area contributed by atoms with Crippen LogP contribution in [0.3, 0.4) is 0 Å². The van der Waals surface area contributed by atoms with E-state index in [2.05, 4.69) is 58.7 Å². The third kappa shape index (κ3) is 4.21. The Labute approximate surface area is 184 Å². The lowest BCUT2D eigenvalue weighted by atomic mass is 9.89. The summed E-state index contributed by atoms with van der Waals surface area (Å²) in [6, 6.07) is 17.2. The van der Waals surface area contributed by atoms with Crippen LogP contribution >= 0.6 is 0 Å². The molecule has 2 atom stereocenters. The maximum Gasteiger partial charge on any atom is 0.407 e. The van der Waals surface area contributed by atoms with E-state index in [0.717, 1.165) is 45.2 Å². The van der Waals surface area contributed by atoms with Crippen LogP contribution in [0.1, 0.15) is 55.6 Å². The second-order valence-corrected chi connectivity index (χ2v) is 9.20. The van der Waals surface area contributed by atoms with Crippen molar-refractivity contribution in [3.05, 3.63) is 59.7 Å². The van der Waals surface area contributed by atoms with Gasteiger partial charge in [-0.1, -0.05) is 61.4 Å². The minimum absolute atomic E-state index is 0.0905. The van der Waals surface area contributed by atoms with Crippen molar-refractivity contribution in [2.24, 2.45) is 0 Å². The zero-order valence-electron chi connectivity index (χ0n) is 18.0. The number of nitrogens with one attached hydrogen (secondary N) is 1. The highest BCUT2D eigenvalue weighted by Gasteiger charge is 2.32. The molecule has 1 heterocycles. The molecule has 31 heavy (non-hydrogen) atoms. The number of aliphatic hydroxyl groups excluding tert-OH is 1. The predicted octanol–water partition coefficient (Wildman–Crippen LogP) is 4.29. The summed E-state index contributed by atoms with van der Waals surface area (Å²) >= 11 is 0. The van der Waals surface area contributed by atoms with Gasteiger partial charge in [0.05, 0.1) is 6.10 Å². The lowest BCUT2D eigenvalue weighted by Gasteiger charge is -2.41. The fourth-order valence-electron chi connectivity index (χ4n) is 5.70. The van der Waals surface area contributed by atoms with Crippen molar-refractivity contribution in [3.8, 4) is 11.1 Å². The average Bonchev–Trinajstić information content (AvgIpc) is 3.12. The van der Waals surface area contributed by atoms with Crippen molar-refractivity contribution < 1.29 is 14.6 Å². The molecule has 2 unspecified atom stereocenters. The highest BCUT2D eigenvalue weighted by Crippen LogP contribution is 2.44. The summed E-state index contributed by atoms with van der Waals surface area (Å²) in [6.07, 6.45) is 5.66. The number of benzene rings is 2. The Morgan fingerprint density at radius 3 is 2.19 bits per heavy atom. The molecule has 5 rings (SSSR count). The van der Waals surface area contributed by atoms with E-state index < -0.39 is 0 Å².